The standard InChI is InChI=1S/C30H37NOS.4C16H15NO2S.C16H15NS/c1-20(2)10-8-11-21(3)12-9-13-22(4)16-17-32-26-14-15-27-28(19-26)33-30-25(7)23(5)18-24(6)29(30)31-27;2*1-8-5-6-12-11(7-8)17-13-15(19-4)9(2)14(18)10(3)16(13)20-12;2*1-8-5-6-11-12(7-8)20-16-10(3)14(18)9(2)15(19-4)13(16)17-11;1-9-5-6-13-14(7-9)18-16-12(4)10(2)8-11(3)15(16)17-13/h10,12,14-16,18-19H,5,8-9,11,13,17H2,1-4,6-7H3;4*5-7H,1-4H3;5-8H,2H2,1,3-4H3/b21-12+,22-16+;;;;;. The van der Waals surface area contributed by atoms with Gasteiger partial charge in [0.25, 0.3) is 0 Å². The van der Waals surface area contributed by atoms with Gasteiger partial charge in [-0.3, -0.25) is 19.2 Å². The van der Waals surface area contributed by atoms with E-state index >= 15 is 0 Å². The van der Waals surface area contributed by atoms with Crippen LogP contribution in [0, 0.1) is 118 Å². The highest BCUT2D eigenvalue weighted by Gasteiger charge is 2.28. The molecule has 0 amide bonds. The van der Waals surface area contributed by atoms with Crippen molar-refractivity contribution in [2.75, 3.05) is 35.0 Å². The molecule has 0 spiro atoms. The molecule has 0 atom stereocenters. The lowest BCUT2D eigenvalue weighted by atomic mass is 10.1. The SMILES string of the molecule is C=c1cc(C)c2c(c1C)Sc1cc(C)ccc1N=2.C=c1cc(C)c2c(c1C)Sc1cc(OC/C=C(\C)CC/C=C(\C)CCC=C(C)C)ccc1N=2.COc1c2nc3cc(C)ccc3sc-2c(C)c(=O)c1C.COc1c2nc3cc(C)ccc3sc-2c(C)c(=O)c1C.COc1c2nc3ccc(C)cc3sc-2c(C)c(=O)c1C.COc1c2nc3ccc(C)cc3sc-2c(C)c(=O)c1C. The summed E-state index contributed by atoms with van der Waals surface area (Å²) < 4.78 is 32.0. The van der Waals surface area contributed by atoms with Gasteiger partial charge in [0.1, 0.15) is 35.1 Å². The lowest BCUT2D eigenvalue weighted by Gasteiger charge is -2.17. The summed E-state index contributed by atoms with van der Waals surface area (Å²) >= 11 is 9.99. The van der Waals surface area contributed by atoms with Gasteiger partial charge in [0.05, 0.1) is 111 Å². The molecule has 0 radical (unpaired) electrons. The Morgan fingerprint density at radius 1 is 0.344 bits per heavy atom. The zero-order chi connectivity index (χ0) is 94.6. The van der Waals surface area contributed by atoms with E-state index in [1.54, 1.807) is 113 Å². The van der Waals surface area contributed by atoms with E-state index in [-0.39, 0.29) is 21.7 Å². The number of ether oxygens (including phenoxy) is 5. The highest BCUT2D eigenvalue weighted by molar-refractivity contribution is 7.99. The van der Waals surface area contributed by atoms with Crippen LogP contribution in [0.1, 0.15) is 148 Å². The lowest BCUT2D eigenvalue weighted by Crippen LogP contribution is -2.20. The van der Waals surface area contributed by atoms with Gasteiger partial charge >= 0.3 is 0 Å². The van der Waals surface area contributed by atoms with Gasteiger partial charge in [-0.05, 0) is 317 Å². The third-order valence-corrected chi connectivity index (χ3v) is 31.1. The minimum absolute atomic E-state index is 0.0406. The lowest BCUT2D eigenvalue weighted by molar-refractivity contribution is 0.361. The third kappa shape index (κ3) is 20.9. The average molecular weight is 1850 g/mol. The number of rotatable bonds is 13. The van der Waals surface area contributed by atoms with E-state index in [9.17, 15) is 19.2 Å². The van der Waals surface area contributed by atoms with E-state index in [4.69, 9.17) is 53.6 Å². The van der Waals surface area contributed by atoms with Crippen LogP contribution in [-0.2, 0) is 0 Å². The third-order valence-electron chi connectivity index (χ3n) is 23.6. The Bertz CT molecular complexity index is 7420. The van der Waals surface area contributed by atoms with Crippen LogP contribution in [0.5, 0.6) is 28.7 Å². The van der Waals surface area contributed by atoms with Crippen molar-refractivity contribution in [1.29, 1.82) is 0 Å². The van der Waals surface area contributed by atoms with Crippen LogP contribution in [0.3, 0.4) is 0 Å². The molecule has 10 aliphatic rings. The Morgan fingerprint density at radius 3 is 1.06 bits per heavy atom. The molecule has 15 nitrogen and oxygen atoms in total. The maximum Gasteiger partial charge on any atom is 0.189 e. The zero-order valence-electron chi connectivity index (χ0n) is 79.5. The van der Waals surface area contributed by atoms with Crippen molar-refractivity contribution in [1.82, 2.24) is 19.9 Å². The molecule has 0 fully saturated rings. The molecule has 4 aliphatic carbocycles. The predicted octanol–water partition coefficient (Wildman–Crippen LogP) is 26.1. The van der Waals surface area contributed by atoms with Crippen LogP contribution in [0.4, 0.5) is 11.4 Å². The number of allylic oxidation sites excluding steroid dienone is 5. The highest BCUT2D eigenvalue weighted by atomic mass is 32.2. The van der Waals surface area contributed by atoms with Crippen LogP contribution < -0.4 is 66.6 Å². The van der Waals surface area contributed by atoms with Crippen LogP contribution in [-0.4, -0.2) is 55.0 Å². The molecule has 6 aliphatic heterocycles. The Labute approximate surface area is 791 Å². The second kappa shape index (κ2) is 41.3. The molecule has 0 saturated carbocycles. The number of fused-ring (bicyclic) bond motifs is 12. The fourth-order valence-electron chi connectivity index (χ4n) is 15.8. The van der Waals surface area contributed by atoms with Gasteiger partial charge in [-0.15, -0.1) is 45.3 Å². The van der Waals surface area contributed by atoms with Crippen molar-refractivity contribution in [2.24, 2.45) is 9.98 Å². The summed E-state index contributed by atoms with van der Waals surface area (Å²) in [5, 5.41) is 4.36. The molecule has 21 heteroatoms. The van der Waals surface area contributed by atoms with Crippen molar-refractivity contribution >= 4 is 134 Å². The van der Waals surface area contributed by atoms with Crippen molar-refractivity contribution < 1.29 is 23.7 Å². The Hall–Kier alpha value is -11.8. The number of aromatic nitrogens is 4. The van der Waals surface area contributed by atoms with E-state index in [1.165, 1.54) is 81.5 Å². The number of aryl methyl sites for hydroxylation is 7. The van der Waals surface area contributed by atoms with Crippen LogP contribution in [0.2, 0.25) is 0 Å². The van der Waals surface area contributed by atoms with Crippen molar-refractivity contribution in [3.63, 3.8) is 0 Å². The summed E-state index contributed by atoms with van der Waals surface area (Å²) in [6.07, 6.45) is 11.3. The van der Waals surface area contributed by atoms with Crippen LogP contribution >= 0.6 is 68.9 Å². The van der Waals surface area contributed by atoms with E-state index in [0.717, 1.165) is 174 Å². The first-order valence-electron chi connectivity index (χ1n) is 43.5. The van der Waals surface area contributed by atoms with Gasteiger partial charge in [-0.1, -0.05) is 108 Å². The predicted molar refractivity (Wildman–Crippen MR) is 554 cm³/mol. The Kier molecular flexibility index (Phi) is 30.5. The largest absolute Gasteiger partial charge is 0.494 e. The Morgan fingerprint density at radius 2 is 0.672 bits per heavy atom. The number of hydrogen-bond acceptors (Lipinski definition) is 21. The van der Waals surface area contributed by atoms with Gasteiger partial charge < -0.3 is 23.7 Å². The zero-order valence-corrected chi connectivity index (χ0v) is 84.4. The Balaban J connectivity index is 0.000000136. The fourth-order valence-corrected chi connectivity index (χ4v) is 22.7. The van der Waals surface area contributed by atoms with Crippen molar-refractivity contribution in [3.05, 3.63) is 313 Å². The summed E-state index contributed by atoms with van der Waals surface area (Å²) in [4.78, 5) is 86.1. The normalized spacial score (nSPS) is 11.9. The number of methoxy groups -OCH3 is 4. The molecule has 6 heterocycles. The van der Waals surface area contributed by atoms with E-state index in [0.29, 0.717) is 51.9 Å². The van der Waals surface area contributed by atoms with Gasteiger partial charge in [0, 0.05) is 64.1 Å². The first-order valence-corrected chi connectivity index (χ1v) is 48.4. The summed E-state index contributed by atoms with van der Waals surface area (Å²) in [6, 6.07) is 41.5. The molecule has 0 unspecified atom stereocenters. The average Bonchev–Trinajstić information content (AvgIpc) is 0.766. The topological polar surface area (TPSA) is 191 Å². The van der Waals surface area contributed by atoms with Gasteiger partial charge in [0.15, 0.2) is 44.7 Å². The minimum Gasteiger partial charge on any atom is -0.494 e. The fraction of sp³-hybridized carbons (Fsp3) is 0.273. The minimum atomic E-state index is 0.0406. The molecule has 0 aromatic heterocycles. The van der Waals surface area contributed by atoms with Crippen LogP contribution in [0.15, 0.2) is 205 Å². The monoisotopic (exact) mass is 1850 g/mol. The summed E-state index contributed by atoms with van der Waals surface area (Å²) in [7, 11) is 6.34. The maximum absolute atomic E-state index is 12.3. The molecule has 131 heavy (non-hydrogen) atoms. The van der Waals surface area contributed by atoms with Gasteiger partial charge in [-0.2, -0.15) is 0 Å². The number of hydrogen-bond donors (Lipinski definition) is 0. The van der Waals surface area contributed by atoms with E-state index in [1.807, 2.05) is 83.6 Å². The van der Waals surface area contributed by atoms with Crippen molar-refractivity contribution in [3.8, 4) is 71.0 Å². The van der Waals surface area contributed by atoms with Gasteiger partial charge in [-0.25, -0.2) is 29.9 Å². The number of nitrogens with zero attached hydrogens (tertiary/aromatic N) is 6. The van der Waals surface area contributed by atoms with Gasteiger partial charge in [0.2, 0.25) is 0 Å². The van der Waals surface area contributed by atoms with Crippen molar-refractivity contribution in [2.45, 2.75) is 191 Å². The molecular weight excluding hydrogens is 1740 g/mol. The molecule has 18 rings (SSSR count). The maximum atomic E-state index is 12.3. The second-order valence-electron chi connectivity index (χ2n) is 34.0. The molecule has 8 aromatic rings. The molecule has 0 saturated heterocycles. The first kappa shape index (κ1) is 96.7. The smallest absolute Gasteiger partial charge is 0.189 e. The van der Waals surface area contributed by atoms with E-state index < -0.39 is 0 Å². The quantitative estimate of drug-likeness (QED) is 0.0782. The highest BCUT2D eigenvalue weighted by Crippen LogP contribution is 2.46. The number of benzene rings is 12. The molecule has 0 bridgehead atoms. The summed E-state index contributed by atoms with van der Waals surface area (Å²) in [5.41, 5.74) is 29.7. The molecule has 0 N–H and O–H groups in total. The second-order valence-corrected chi connectivity index (χ2v) is 40.3. The van der Waals surface area contributed by atoms with Crippen LogP contribution in [0.25, 0.3) is 96.3 Å². The first-order chi connectivity index (χ1) is 62.4. The van der Waals surface area contributed by atoms with E-state index in [2.05, 4.69) is 199 Å². The molecular formula is C110H112N6O9S6. The summed E-state index contributed by atoms with van der Waals surface area (Å²) in [5.74, 6) is 3.26. The molecule has 8 aromatic carbocycles. The summed E-state index contributed by atoms with van der Waals surface area (Å²) in [6.45, 7) is 51.0. The molecule has 672 valence electrons.